The third-order valence-electron chi connectivity index (χ3n) is 3.05. The van der Waals surface area contributed by atoms with Gasteiger partial charge in [-0.25, -0.2) is 0 Å². The van der Waals surface area contributed by atoms with E-state index in [1.54, 1.807) is 23.3 Å². The van der Waals surface area contributed by atoms with Crippen LogP contribution < -0.4 is 0 Å². The average molecular weight is 239 g/mol. The van der Waals surface area contributed by atoms with Crippen LogP contribution in [0.2, 0.25) is 0 Å². The van der Waals surface area contributed by atoms with Gasteiger partial charge in [0.25, 0.3) is 0 Å². The van der Waals surface area contributed by atoms with Gasteiger partial charge in [0.15, 0.2) is 0 Å². The third kappa shape index (κ3) is 1.76. The summed E-state index contributed by atoms with van der Waals surface area (Å²) in [6, 6.07) is 7.81. The summed E-state index contributed by atoms with van der Waals surface area (Å²) in [5.74, 6) is 0. The number of benzene rings is 1. The maximum atomic E-state index is 10.4. The number of hydrogen-bond donors (Lipinski definition) is 1. The number of aromatic nitrogens is 3. The van der Waals surface area contributed by atoms with Gasteiger partial charge in [-0.2, -0.15) is 5.10 Å². The van der Waals surface area contributed by atoms with Crippen LogP contribution in [0.3, 0.4) is 0 Å². The molecule has 18 heavy (non-hydrogen) atoms. The number of pyridine rings is 1. The molecule has 3 aromatic rings. The minimum atomic E-state index is -0.674. The molecule has 0 spiro atoms. The molecule has 0 saturated heterocycles. The van der Waals surface area contributed by atoms with Crippen molar-refractivity contribution in [2.24, 2.45) is 7.05 Å². The molecule has 1 N–H and O–H groups in total. The van der Waals surface area contributed by atoms with Gasteiger partial charge in [0, 0.05) is 36.6 Å². The second-order valence-corrected chi connectivity index (χ2v) is 4.29. The van der Waals surface area contributed by atoms with Crippen LogP contribution in [-0.2, 0) is 7.05 Å². The summed E-state index contributed by atoms with van der Waals surface area (Å²) in [5.41, 5.74) is 1.64. The molecule has 4 heteroatoms. The van der Waals surface area contributed by atoms with Gasteiger partial charge < -0.3 is 5.11 Å². The predicted molar refractivity (Wildman–Crippen MR) is 69.0 cm³/mol. The number of nitrogens with zero attached hydrogens (tertiary/aromatic N) is 3. The Labute approximate surface area is 105 Å². The Kier molecular flexibility index (Phi) is 2.57. The molecule has 0 saturated carbocycles. The maximum absolute atomic E-state index is 10.4. The molecule has 4 nitrogen and oxygen atoms in total. The largest absolute Gasteiger partial charge is 0.384 e. The van der Waals surface area contributed by atoms with E-state index in [9.17, 15) is 5.11 Å². The highest BCUT2D eigenvalue weighted by atomic mass is 16.3. The number of aliphatic hydroxyl groups is 1. The lowest BCUT2D eigenvalue weighted by atomic mass is 9.99. The molecule has 90 valence electrons. The zero-order chi connectivity index (χ0) is 12.5. The molecule has 0 aliphatic carbocycles. The van der Waals surface area contributed by atoms with Crippen LogP contribution in [-0.4, -0.2) is 19.9 Å². The fourth-order valence-electron chi connectivity index (χ4n) is 2.14. The van der Waals surface area contributed by atoms with Crippen molar-refractivity contribution in [2.75, 3.05) is 0 Å². The number of fused-ring (bicyclic) bond motifs is 1. The van der Waals surface area contributed by atoms with Crippen LogP contribution >= 0.6 is 0 Å². The third-order valence-corrected chi connectivity index (χ3v) is 3.05. The van der Waals surface area contributed by atoms with Crippen molar-refractivity contribution in [3.63, 3.8) is 0 Å². The topological polar surface area (TPSA) is 50.9 Å². The summed E-state index contributed by atoms with van der Waals surface area (Å²) in [6.07, 6.45) is 6.36. The molecule has 0 radical (unpaired) electrons. The fraction of sp³-hybridized carbons (Fsp3) is 0.143. The number of aryl methyl sites for hydroxylation is 1. The first-order valence-corrected chi connectivity index (χ1v) is 5.75. The Morgan fingerprint density at radius 1 is 1.22 bits per heavy atom. The van der Waals surface area contributed by atoms with Gasteiger partial charge in [-0.15, -0.1) is 0 Å². The zero-order valence-corrected chi connectivity index (χ0v) is 9.99. The molecule has 0 aliphatic heterocycles. The van der Waals surface area contributed by atoms with E-state index in [-0.39, 0.29) is 0 Å². The Balaban J connectivity index is 2.14. The molecular weight excluding hydrogens is 226 g/mol. The standard InChI is InChI=1S/C14H13N3O/c1-17-9-11(7-16-17)14(18)12-4-2-3-10-5-6-15-8-13(10)12/h2-9,14,18H,1H3. The Morgan fingerprint density at radius 3 is 2.89 bits per heavy atom. The van der Waals surface area contributed by atoms with Crippen LogP contribution in [0.1, 0.15) is 17.2 Å². The van der Waals surface area contributed by atoms with E-state index < -0.39 is 6.10 Å². The van der Waals surface area contributed by atoms with Crippen molar-refractivity contribution in [1.29, 1.82) is 0 Å². The lowest BCUT2D eigenvalue weighted by Gasteiger charge is -2.11. The maximum Gasteiger partial charge on any atom is 0.108 e. The van der Waals surface area contributed by atoms with Crippen LogP contribution in [0.15, 0.2) is 49.1 Å². The van der Waals surface area contributed by atoms with Crippen LogP contribution in [0.25, 0.3) is 10.8 Å². The lowest BCUT2D eigenvalue weighted by molar-refractivity contribution is 0.222. The van der Waals surface area contributed by atoms with Crippen molar-refractivity contribution in [3.8, 4) is 0 Å². The molecule has 1 unspecified atom stereocenters. The monoisotopic (exact) mass is 239 g/mol. The summed E-state index contributed by atoms with van der Waals surface area (Å²) >= 11 is 0. The predicted octanol–water partition coefficient (Wildman–Crippen LogP) is 2.05. The molecule has 1 atom stereocenters. The molecular formula is C14H13N3O. The van der Waals surface area contributed by atoms with E-state index in [1.165, 1.54) is 0 Å². The van der Waals surface area contributed by atoms with E-state index >= 15 is 0 Å². The van der Waals surface area contributed by atoms with Gasteiger partial charge in [0.05, 0.1) is 6.20 Å². The smallest absolute Gasteiger partial charge is 0.108 e. The van der Waals surface area contributed by atoms with Crippen LogP contribution in [0.4, 0.5) is 0 Å². The summed E-state index contributed by atoms with van der Waals surface area (Å²) in [4.78, 5) is 4.12. The van der Waals surface area contributed by atoms with Gasteiger partial charge >= 0.3 is 0 Å². The SMILES string of the molecule is Cn1cc(C(O)c2cccc3ccncc23)cn1. The Morgan fingerprint density at radius 2 is 2.11 bits per heavy atom. The van der Waals surface area contributed by atoms with Crippen molar-refractivity contribution >= 4 is 10.8 Å². The summed E-state index contributed by atoms with van der Waals surface area (Å²) in [5, 5.41) is 16.5. The number of hydrogen-bond acceptors (Lipinski definition) is 3. The Hall–Kier alpha value is -2.20. The summed E-state index contributed by atoms with van der Waals surface area (Å²) in [6.45, 7) is 0. The number of aliphatic hydroxyl groups excluding tert-OH is 1. The molecule has 0 aliphatic rings. The van der Waals surface area contributed by atoms with E-state index in [0.717, 1.165) is 21.9 Å². The van der Waals surface area contributed by atoms with Gasteiger partial charge in [-0.05, 0) is 17.0 Å². The van der Waals surface area contributed by atoms with Crippen molar-refractivity contribution in [1.82, 2.24) is 14.8 Å². The highest BCUT2D eigenvalue weighted by Gasteiger charge is 2.14. The zero-order valence-electron chi connectivity index (χ0n) is 9.99. The van der Waals surface area contributed by atoms with Crippen LogP contribution in [0.5, 0.6) is 0 Å². The molecule has 0 fully saturated rings. The molecule has 2 heterocycles. The summed E-state index contributed by atoms with van der Waals surface area (Å²) < 4.78 is 1.68. The van der Waals surface area contributed by atoms with Crippen molar-refractivity contribution in [2.45, 2.75) is 6.10 Å². The second kappa shape index (κ2) is 4.23. The minimum absolute atomic E-state index is 0.674. The van der Waals surface area contributed by atoms with Crippen molar-refractivity contribution in [3.05, 3.63) is 60.2 Å². The number of rotatable bonds is 2. The molecule has 3 rings (SSSR count). The Bertz CT molecular complexity index is 685. The van der Waals surface area contributed by atoms with E-state index in [2.05, 4.69) is 10.1 Å². The highest BCUT2D eigenvalue weighted by molar-refractivity contribution is 5.85. The normalized spacial score (nSPS) is 12.8. The second-order valence-electron chi connectivity index (χ2n) is 4.29. The molecule has 1 aromatic carbocycles. The quantitative estimate of drug-likeness (QED) is 0.744. The van der Waals surface area contributed by atoms with E-state index in [1.807, 2.05) is 37.5 Å². The van der Waals surface area contributed by atoms with Gasteiger partial charge in [-0.3, -0.25) is 9.67 Å². The van der Waals surface area contributed by atoms with Gasteiger partial charge in [0.1, 0.15) is 6.10 Å². The highest BCUT2D eigenvalue weighted by Crippen LogP contribution is 2.27. The average Bonchev–Trinajstić information content (AvgIpc) is 2.84. The lowest BCUT2D eigenvalue weighted by Crippen LogP contribution is -1.99. The first-order valence-electron chi connectivity index (χ1n) is 5.75. The van der Waals surface area contributed by atoms with E-state index in [4.69, 9.17) is 0 Å². The molecule has 0 amide bonds. The minimum Gasteiger partial charge on any atom is -0.384 e. The van der Waals surface area contributed by atoms with E-state index in [0.29, 0.717) is 0 Å². The molecule has 0 bridgehead atoms. The first kappa shape index (κ1) is 10.9. The fourth-order valence-corrected chi connectivity index (χ4v) is 2.14. The van der Waals surface area contributed by atoms with Gasteiger partial charge in [0.2, 0.25) is 0 Å². The molecule has 2 aromatic heterocycles. The van der Waals surface area contributed by atoms with Gasteiger partial charge in [-0.1, -0.05) is 18.2 Å². The van der Waals surface area contributed by atoms with Crippen molar-refractivity contribution < 1.29 is 5.11 Å². The summed E-state index contributed by atoms with van der Waals surface area (Å²) in [7, 11) is 1.83. The van der Waals surface area contributed by atoms with Crippen LogP contribution in [0, 0.1) is 0 Å². The first-order chi connectivity index (χ1) is 8.75.